The highest BCUT2D eigenvalue weighted by Crippen LogP contribution is 2.35. The Balaban J connectivity index is 1.64. The number of phenols is 1. The molecule has 7 heteroatoms. The second-order valence-corrected chi connectivity index (χ2v) is 6.87. The van der Waals surface area contributed by atoms with Gasteiger partial charge >= 0.3 is 0 Å². The number of benzene rings is 2. The van der Waals surface area contributed by atoms with E-state index in [1.807, 2.05) is 48.7 Å². The van der Waals surface area contributed by atoms with Crippen LogP contribution in [-0.4, -0.2) is 22.4 Å². The summed E-state index contributed by atoms with van der Waals surface area (Å²) in [5.74, 6) is 0.971. The maximum atomic E-state index is 12.5. The lowest BCUT2D eigenvalue weighted by atomic mass is 10.1. The number of aromatic hydroxyl groups is 1. The van der Waals surface area contributed by atoms with Crippen molar-refractivity contribution in [3.63, 3.8) is 0 Å². The minimum absolute atomic E-state index is 0.0194. The van der Waals surface area contributed by atoms with Crippen LogP contribution in [-0.2, 0) is 4.79 Å². The number of anilines is 1. The fourth-order valence-corrected chi connectivity index (χ4v) is 3.40. The van der Waals surface area contributed by atoms with E-state index in [-0.39, 0.29) is 18.1 Å². The van der Waals surface area contributed by atoms with Gasteiger partial charge in [0.25, 0.3) is 5.91 Å². The van der Waals surface area contributed by atoms with Crippen LogP contribution in [0.25, 0.3) is 11.8 Å². The van der Waals surface area contributed by atoms with Crippen LogP contribution in [0.15, 0.2) is 54.1 Å². The Bertz CT molecular complexity index is 1200. The summed E-state index contributed by atoms with van der Waals surface area (Å²) in [7, 11) is 0. The van der Waals surface area contributed by atoms with Gasteiger partial charge in [0.1, 0.15) is 17.4 Å². The number of nitriles is 1. The predicted molar refractivity (Wildman–Crippen MR) is 112 cm³/mol. The van der Waals surface area contributed by atoms with Crippen molar-refractivity contribution < 1.29 is 19.4 Å². The molecule has 0 spiro atoms. The van der Waals surface area contributed by atoms with Gasteiger partial charge in [-0.1, -0.05) is 0 Å². The van der Waals surface area contributed by atoms with E-state index in [9.17, 15) is 15.2 Å². The molecule has 0 saturated carbocycles. The fourth-order valence-electron chi connectivity index (χ4n) is 3.40. The molecule has 1 aliphatic rings. The highest BCUT2D eigenvalue weighted by Gasteiger charge is 2.17. The lowest BCUT2D eigenvalue weighted by Gasteiger charge is -2.10. The molecule has 0 saturated heterocycles. The molecule has 2 aromatic carbocycles. The third-order valence-electron chi connectivity index (χ3n) is 4.87. The first-order valence-electron chi connectivity index (χ1n) is 9.27. The maximum absolute atomic E-state index is 12.5. The van der Waals surface area contributed by atoms with Gasteiger partial charge in [-0.2, -0.15) is 5.26 Å². The van der Waals surface area contributed by atoms with E-state index in [1.54, 1.807) is 18.2 Å². The number of aromatic nitrogens is 1. The Kier molecular flexibility index (Phi) is 4.90. The molecule has 7 nitrogen and oxygen atoms in total. The lowest BCUT2D eigenvalue weighted by molar-refractivity contribution is -0.112. The number of carbonyl (C=O) groups excluding carboxylic acids is 1. The lowest BCUT2D eigenvalue weighted by Crippen LogP contribution is -2.13. The van der Waals surface area contributed by atoms with E-state index in [0.29, 0.717) is 17.2 Å². The van der Waals surface area contributed by atoms with Crippen molar-refractivity contribution >= 4 is 17.7 Å². The van der Waals surface area contributed by atoms with Crippen LogP contribution < -0.4 is 14.8 Å². The van der Waals surface area contributed by atoms with Gasteiger partial charge in [-0.25, -0.2) is 0 Å². The highest BCUT2D eigenvalue weighted by atomic mass is 16.7. The molecule has 4 rings (SSSR count). The summed E-state index contributed by atoms with van der Waals surface area (Å²) < 4.78 is 12.9. The summed E-state index contributed by atoms with van der Waals surface area (Å²) in [6.45, 7) is 4.09. The molecular weight excluding hydrogens is 382 g/mol. The van der Waals surface area contributed by atoms with Crippen LogP contribution in [0.5, 0.6) is 17.2 Å². The van der Waals surface area contributed by atoms with Crippen molar-refractivity contribution in [1.29, 1.82) is 5.26 Å². The number of rotatable bonds is 4. The van der Waals surface area contributed by atoms with Gasteiger partial charge in [0.15, 0.2) is 11.5 Å². The topological polar surface area (TPSA) is 96.5 Å². The number of phenolic OH excluding ortho intramolecular Hbond substituents is 1. The van der Waals surface area contributed by atoms with E-state index >= 15 is 0 Å². The largest absolute Gasteiger partial charge is 0.508 e. The van der Waals surface area contributed by atoms with Crippen molar-refractivity contribution in [3.8, 4) is 29.0 Å². The average Bonchev–Trinajstić information content (AvgIpc) is 3.31. The minimum Gasteiger partial charge on any atom is -0.508 e. The first-order valence-corrected chi connectivity index (χ1v) is 9.27. The molecule has 0 aliphatic carbocycles. The summed E-state index contributed by atoms with van der Waals surface area (Å²) >= 11 is 0. The molecule has 0 atom stereocenters. The molecule has 2 heterocycles. The maximum Gasteiger partial charge on any atom is 0.266 e. The summed E-state index contributed by atoms with van der Waals surface area (Å²) in [6, 6.07) is 15.6. The summed E-state index contributed by atoms with van der Waals surface area (Å²) in [4.78, 5) is 12.5. The monoisotopic (exact) mass is 401 g/mol. The van der Waals surface area contributed by atoms with Crippen LogP contribution >= 0.6 is 0 Å². The van der Waals surface area contributed by atoms with E-state index in [2.05, 4.69) is 5.32 Å². The standard InChI is InChI=1S/C23H19N3O4/c1-14-9-16(10-17(12-24)23(28)25-18-3-6-20(27)7-4-18)15(2)26(14)19-5-8-21-22(11-19)30-13-29-21/h3-11,27H,13H2,1-2H3,(H,25,28)/b17-10-. The zero-order valence-electron chi connectivity index (χ0n) is 16.5. The molecule has 0 bridgehead atoms. The molecule has 30 heavy (non-hydrogen) atoms. The molecule has 0 unspecified atom stereocenters. The Morgan fingerprint density at radius 1 is 1.13 bits per heavy atom. The van der Waals surface area contributed by atoms with Gasteiger partial charge in [0.05, 0.1) is 0 Å². The third kappa shape index (κ3) is 3.59. The van der Waals surface area contributed by atoms with Gasteiger partial charge in [0.2, 0.25) is 6.79 Å². The summed E-state index contributed by atoms with van der Waals surface area (Å²) in [5, 5.41) is 21.5. The first kappa shape index (κ1) is 19.2. The molecule has 0 fully saturated rings. The second-order valence-electron chi connectivity index (χ2n) is 6.87. The van der Waals surface area contributed by atoms with Crippen LogP contribution in [0.4, 0.5) is 5.69 Å². The third-order valence-corrected chi connectivity index (χ3v) is 4.87. The van der Waals surface area contributed by atoms with Gasteiger partial charge < -0.3 is 24.5 Å². The number of hydrogen-bond donors (Lipinski definition) is 2. The van der Waals surface area contributed by atoms with Crippen molar-refractivity contribution in [1.82, 2.24) is 4.57 Å². The first-order chi connectivity index (χ1) is 14.5. The van der Waals surface area contributed by atoms with E-state index in [1.165, 1.54) is 12.1 Å². The number of nitrogens with zero attached hydrogens (tertiary/aromatic N) is 2. The Morgan fingerprint density at radius 2 is 1.87 bits per heavy atom. The normalized spacial score (nSPS) is 12.5. The number of fused-ring (bicyclic) bond motifs is 1. The second kappa shape index (κ2) is 7.68. The molecule has 3 aromatic rings. The zero-order valence-corrected chi connectivity index (χ0v) is 16.5. The number of nitrogens with one attached hydrogen (secondary N) is 1. The van der Waals surface area contributed by atoms with Crippen molar-refractivity contribution in [3.05, 3.63) is 71.1 Å². The van der Waals surface area contributed by atoms with Crippen molar-refractivity contribution in [2.24, 2.45) is 0 Å². The molecule has 1 amide bonds. The zero-order chi connectivity index (χ0) is 21.3. The highest BCUT2D eigenvalue weighted by molar-refractivity contribution is 6.09. The van der Waals surface area contributed by atoms with Crippen LogP contribution in [0.2, 0.25) is 0 Å². The van der Waals surface area contributed by atoms with Crippen molar-refractivity contribution in [2.45, 2.75) is 13.8 Å². The van der Waals surface area contributed by atoms with Crippen LogP contribution in [0.1, 0.15) is 17.0 Å². The number of hydrogen-bond acceptors (Lipinski definition) is 5. The summed E-state index contributed by atoms with van der Waals surface area (Å²) in [5.41, 5.74) is 3.98. The molecular formula is C23H19N3O4. The Hall–Kier alpha value is -4.18. The van der Waals surface area contributed by atoms with Crippen LogP contribution in [0.3, 0.4) is 0 Å². The number of carbonyl (C=O) groups is 1. The van der Waals surface area contributed by atoms with Gasteiger partial charge in [0, 0.05) is 28.8 Å². The molecule has 1 aliphatic heterocycles. The van der Waals surface area contributed by atoms with Crippen molar-refractivity contribution in [2.75, 3.05) is 12.1 Å². The number of amides is 1. The molecule has 1 aromatic heterocycles. The molecule has 2 N–H and O–H groups in total. The SMILES string of the molecule is Cc1cc(/C=C(/C#N)C(=O)Nc2ccc(O)cc2)c(C)n1-c1ccc2c(c1)OCO2. The predicted octanol–water partition coefficient (Wildman–Crippen LogP) is 4.07. The fraction of sp³-hybridized carbons (Fsp3) is 0.130. The van der Waals surface area contributed by atoms with E-state index in [0.717, 1.165) is 22.6 Å². The molecule has 0 radical (unpaired) electrons. The van der Waals surface area contributed by atoms with Gasteiger partial charge in [-0.3, -0.25) is 4.79 Å². The number of ether oxygens (including phenoxy) is 2. The Morgan fingerprint density at radius 3 is 2.60 bits per heavy atom. The molecule has 150 valence electrons. The summed E-state index contributed by atoms with van der Waals surface area (Å²) in [6.07, 6.45) is 1.57. The Labute approximate surface area is 173 Å². The van der Waals surface area contributed by atoms with E-state index in [4.69, 9.17) is 9.47 Å². The minimum atomic E-state index is -0.518. The number of aryl methyl sites for hydroxylation is 1. The van der Waals surface area contributed by atoms with E-state index < -0.39 is 5.91 Å². The smallest absolute Gasteiger partial charge is 0.266 e. The quantitative estimate of drug-likeness (QED) is 0.390. The van der Waals surface area contributed by atoms with Gasteiger partial charge in [-0.05, 0) is 68.0 Å². The van der Waals surface area contributed by atoms with Gasteiger partial charge in [-0.15, -0.1) is 0 Å². The average molecular weight is 401 g/mol. The van der Waals surface area contributed by atoms with Crippen LogP contribution in [0, 0.1) is 25.2 Å².